The highest BCUT2D eigenvalue weighted by atomic mass is 16.5. The average molecular weight is 325 g/mol. The number of anilines is 1. The third kappa shape index (κ3) is 3.67. The third-order valence-electron chi connectivity index (χ3n) is 4.70. The molecule has 2 N–H and O–H groups in total. The lowest BCUT2D eigenvalue weighted by Crippen LogP contribution is -2.35. The van der Waals surface area contributed by atoms with Crippen LogP contribution in [0.5, 0.6) is 5.75 Å². The maximum atomic E-state index is 11.6. The summed E-state index contributed by atoms with van der Waals surface area (Å²) in [6.07, 6.45) is 6.56. The first-order valence-electron chi connectivity index (χ1n) is 8.29. The number of rotatable bonds is 5. The first kappa shape index (κ1) is 16.3. The SMILES string of the molecule is COc1ccc(CC2CCN(c3ccncc3C(N)=O)CC2)cc1. The van der Waals surface area contributed by atoms with Crippen LogP contribution in [0.2, 0.25) is 0 Å². The van der Waals surface area contributed by atoms with Gasteiger partial charge in [0.15, 0.2) is 0 Å². The Balaban J connectivity index is 1.60. The minimum atomic E-state index is -0.418. The molecular formula is C19H23N3O2. The van der Waals surface area contributed by atoms with E-state index in [1.807, 2.05) is 18.2 Å². The Bertz CT molecular complexity index is 692. The zero-order chi connectivity index (χ0) is 16.9. The molecule has 3 rings (SSSR count). The van der Waals surface area contributed by atoms with Crippen LogP contribution >= 0.6 is 0 Å². The fourth-order valence-corrected chi connectivity index (χ4v) is 3.33. The van der Waals surface area contributed by atoms with E-state index < -0.39 is 5.91 Å². The molecule has 1 aliphatic heterocycles. The Morgan fingerprint density at radius 1 is 1.25 bits per heavy atom. The molecule has 0 aliphatic carbocycles. The number of carbonyl (C=O) groups excluding carboxylic acids is 1. The molecular weight excluding hydrogens is 302 g/mol. The van der Waals surface area contributed by atoms with Crippen LogP contribution < -0.4 is 15.4 Å². The fraction of sp³-hybridized carbons (Fsp3) is 0.368. The summed E-state index contributed by atoms with van der Waals surface area (Å²) in [5.74, 6) is 1.14. The maximum Gasteiger partial charge on any atom is 0.252 e. The normalized spacial score (nSPS) is 15.3. The Kier molecular flexibility index (Phi) is 4.99. The van der Waals surface area contributed by atoms with Crippen LogP contribution in [0, 0.1) is 5.92 Å². The second-order valence-electron chi connectivity index (χ2n) is 6.24. The number of hydrogen-bond acceptors (Lipinski definition) is 4. The number of nitrogens with zero attached hydrogens (tertiary/aromatic N) is 2. The largest absolute Gasteiger partial charge is 0.497 e. The van der Waals surface area contributed by atoms with Crippen LogP contribution in [0.15, 0.2) is 42.7 Å². The van der Waals surface area contributed by atoms with Crippen molar-refractivity contribution in [1.29, 1.82) is 0 Å². The van der Waals surface area contributed by atoms with Crippen molar-refractivity contribution in [2.75, 3.05) is 25.1 Å². The summed E-state index contributed by atoms with van der Waals surface area (Å²) >= 11 is 0. The molecule has 0 spiro atoms. The first-order chi connectivity index (χ1) is 11.7. The van der Waals surface area contributed by atoms with Gasteiger partial charge in [-0.2, -0.15) is 0 Å². The van der Waals surface area contributed by atoms with E-state index in [2.05, 4.69) is 22.0 Å². The topological polar surface area (TPSA) is 68.4 Å². The van der Waals surface area contributed by atoms with Crippen LogP contribution in [0.1, 0.15) is 28.8 Å². The number of ether oxygens (including phenoxy) is 1. The molecule has 1 saturated heterocycles. The van der Waals surface area contributed by atoms with Gasteiger partial charge in [0.25, 0.3) is 5.91 Å². The maximum absolute atomic E-state index is 11.6. The van der Waals surface area contributed by atoms with Gasteiger partial charge in [0.05, 0.1) is 18.4 Å². The van der Waals surface area contributed by atoms with Crippen molar-refractivity contribution in [2.24, 2.45) is 11.7 Å². The van der Waals surface area contributed by atoms with Gasteiger partial charge in [-0.15, -0.1) is 0 Å². The van der Waals surface area contributed by atoms with E-state index in [1.54, 1.807) is 19.5 Å². The predicted octanol–water partition coefficient (Wildman–Crippen LogP) is 2.65. The van der Waals surface area contributed by atoms with Gasteiger partial charge in [-0.3, -0.25) is 9.78 Å². The highest BCUT2D eigenvalue weighted by Crippen LogP contribution is 2.28. The Hall–Kier alpha value is -2.56. The molecule has 24 heavy (non-hydrogen) atoms. The molecule has 0 radical (unpaired) electrons. The minimum absolute atomic E-state index is 0.418. The minimum Gasteiger partial charge on any atom is -0.497 e. The molecule has 126 valence electrons. The number of carbonyl (C=O) groups is 1. The van der Waals surface area contributed by atoms with Gasteiger partial charge in [-0.05, 0) is 48.9 Å². The number of methoxy groups -OCH3 is 1. The van der Waals surface area contributed by atoms with Crippen molar-refractivity contribution in [3.63, 3.8) is 0 Å². The first-order valence-corrected chi connectivity index (χ1v) is 8.29. The van der Waals surface area contributed by atoms with E-state index in [4.69, 9.17) is 10.5 Å². The van der Waals surface area contributed by atoms with Gasteiger partial charge in [0.2, 0.25) is 0 Å². The second-order valence-corrected chi connectivity index (χ2v) is 6.24. The highest BCUT2D eigenvalue weighted by Gasteiger charge is 2.22. The van der Waals surface area contributed by atoms with Crippen LogP contribution in [0.4, 0.5) is 5.69 Å². The second kappa shape index (κ2) is 7.34. The average Bonchev–Trinajstić information content (AvgIpc) is 2.63. The smallest absolute Gasteiger partial charge is 0.252 e. The summed E-state index contributed by atoms with van der Waals surface area (Å²) in [7, 11) is 1.68. The summed E-state index contributed by atoms with van der Waals surface area (Å²) in [4.78, 5) is 17.8. The molecule has 0 atom stereocenters. The molecule has 2 aromatic rings. The van der Waals surface area contributed by atoms with E-state index in [-0.39, 0.29) is 0 Å². The molecule has 1 amide bonds. The van der Waals surface area contributed by atoms with Crippen LogP contribution in [-0.2, 0) is 6.42 Å². The monoisotopic (exact) mass is 325 g/mol. The molecule has 5 nitrogen and oxygen atoms in total. The molecule has 0 unspecified atom stereocenters. The number of aromatic nitrogens is 1. The summed E-state index contributed by atoms with van der Waals surface area (Å²) < 4.78 is 5.20. The van der Waals surface area contributed by atoms with Crippen LogP contribution in [-0.4, -0.2) is 31.1 Å². The molecule has 2 heterocycles. The molecule has 1 fully saturated rings. The number of amides is 1. The lowest BCUT2D eigenvalue weighted by atomic mass is 9.90. The molecule has 0 saturated carbocycles. The fourth-order valence-electron chi connectivity index (χ4n) is 3.33. The molecule has 0 bridgehead atoms. The van der Waals surface area contributed by atoms with Crippen molar-refractivity contribution in [3.05, 3.63) is 53.9 Å². The van der Waals surface area contributed by atoms with E-state index in [9.17, 15) is 4.79 Å². The van der Waals surface area contributed by atoms with Gasteiger partial charge in [0, 0.05) is 25.5 Å². The number of primary amides is 1. The van der Waals surface area contributed by atoms with E-state index in [1.165, 1.54) is 5.56 Å². The highest BCUT2D eigenvalue weighted by molar-refractivity contribution is 5.98. The molecule has 1 aromatic carbocycles. The molecule has 1 aliphatic rings. The standard InChI is InChI=1S/C19H23N3O2/c1-24-16-4-2-14(3-5-16)12-15-7-10-22(11-8-15)18-6-9-21-13-17(18)19(20)23/h2-6,9,13,15H,7-8,10-12H2,1H3,(H2,20,23). The molecule has 5 heteroatoms. The summed E-state index contributed by atoms with van der Waals surface area (Å²) in [5.41, 5.74) is 8.21. The van der Waals surface area contributed by atoms with Crippen LogP contribution in [0.25, 0.3) is 0 Å². The number of nitrogens with two attached hydrogens (primary N) is 1. The van der Waals surface area contributed by atoms with Crippen molar-refractivity contribution >= 4 is 11.6 Å². The number of benzene rings is 1. The van der Waals surface area contributed by atoms with E-state index in [0.29, 0.717) is 11.5 Å². The third-order valence-corrected chi connectivity index (χ3v) is 4.70. The summed E-state index contributed by atoms with van der Waals surface area (Å²) in [6.45, 7) is 1.87. The number of hydrogen-bond donors (Lipinski definition) is 1. The van der Waals surface area contributed by atoms with Gasteiger partial charge < -0.3 is 15.4 Å². The zero-order valence-electron chi connectivity index (χ0n) is 13.9. The van der Waals surface area contributed by atoms with Crippen LogP contribution in [0.3, 0.4) is 0 Å². The lowest BCUT2D eigenvalue weighted by Gasteiger charge is -2.34. The number of pyridine rings is 1. The predicted molar refractivity (Wildman–Crippen MR) is 94.4 cm³/mol. The van der Waals surface area contributed by atoms with Gasteiger partial charge in [-0.1, -0.05) is 12.1 Å². The van der Waals surface area contributed by atoms with E-state index >= 15 is 0 Å². The quantitative estimate of drug-likeness (QED) is 0.917. The van der Waals surface area contributed by atoms with Gasteiger partial charge in [-0.25, -0.2) is 0 Å². The van der Waals surface area contributed by atoms with Gasteiger partial charge >= 0.3 is 0 Å². The number of piperidine rings is 1. The van der Waals surface area contributed by atoms with Crippen molar-refractivity contribution in [1.82, 2.24) is 4.98 Å². The van der Waals surface area contributed by atoms with Crippen molar-refractivity contribution in [3.8, 4) is 5.75 Å². The van der Waals surface area contributed by atoms with Crippen molar-refractivity contribution < 1.29 is 9.53 Å². The Morgan fingerprint density at radius 2 is 1.96 bits per heavy atom. The van der Waals surface area contributed by atoms with E-state index in [0.717, 1.165) is 43.8 Å². The van der Waals surface area contributed by atoms with Crippen molar-refractivity contribution in [2.45, 2.75) is 19.3 Å². The summed E-state index contributed by atoms with van der Waals surface area (Å²) in [6, 6.07) is 10.2. The van der Waals surface area contributed by atoms with Gasteiger partial charge in [0.1, 0.15) is 5.75 Å². The Morgan fingerprint density at radius 3 is 2.58 bits per heavy atom. The summed E-state index contributed by atoms with van der Waals surface area (Å²) in [5, 5.41) is 0. The zero-order valence-corrected chi connectivity index (χ0v) is 13.9. The lowest BCUT2D eigenvalue weighted by molar-refractivity contribution is 0.100. The molecule has 1 aromatic heterocycles. The Labute approximate surface area is 142 Å².